The Kier molecular flexibility index (Phi) is 15.6. The highest BCUT2D eigenvalue weighted by molar-refractivity contribution is 7.45. The minimum Gasteiger partial charge on any atom is -0.436 e. The molecule has 0 aliphatic carbocycles. The average molecular weight is 518 g/mol. The first-order chi connectivity index (χ1) is 16.8. The molecule has 0 bridgehead atoms. The summed E-state index contributed by atoms with van der Waals surface area (Å²) in [6.45, 7) is 2.65. The van der Waals surface area contributed by atoms with Gasteiger partial charge >= 0.3 is 14.2 Å². The number of aldehydes is 1. The predicted octanol–water partition coefficient (Wildman–Crippen LogP) is 3.54. The summed E-state index contributed by atoms with van der Waals surface area (Å²) in [5.41, 5.74) is 5.07. The molecule has 1 aromatic carbocycles. The Bertz CT molecular complexity index is 894. The maximum atomic E-state index is 11.9. The molecule has 3 atom stereocenters. The quantitative estimate of drug-likeness (QED) is 0.359. The van der Waals surface area contributed by atoms with E-state index in [-0.39, 0.29) is 25.1 Å². The fourth-order valence-corrected chi connectivity index (χ4v) is 3.65. The molecule has 3 unspecified atom stereocenters. The Balaban J connectivity index is 0.000000669. The summed E-state index contributed by atoms with van der Waals surface area (Å²) in [4.78, 5) is 26.3. The lowest BCUT2D eigenvalue weighted by Crippen LogP contribution is -2.28. The first kappa shape index (κ1) is 30.5. The minimum absolute atomic E-state index is 0.124. The molecule has 0 saturated carbocycles. The third-order valence-corrected chi connectivity index (χ3v) is 5.53. The molecule has 0 radical (unpaired) electrons. The number of anilines is 1. The van der Waals surface area contributed by atoms with Crippen LogP contribution >= 0.6 is 8.53 Å². The summed E-state index contributed by atoms with van der Waals surface area (Å²) in [5, 5.41) is 2.92. The number of hydrogen-bond acceptors (Lipinski definition) is 9. The summed E-state index contributed by atoms with van der Waals surface area (Å²) >= 11 is 0. The molecule has 1 aliphatic heterocycles. The number of methoxy groups -OCH3 is 1. The standard InChI is InChI=1S/C17H21N4O5P.C4H10O.CH2F2/c18-15-8-10-21(17(23)20-15)16-7-6-14(25-16)12-24-27(19-9-11-22)26-13-4-2-1-3-5-13;1-4(2)5-3;2-1-3/h1-5,8,10-11,14,16,19H,6-7,9,12H2,(H2,18,20,23);4H,1-3H3;1H2. The zero-order chi connectivity index (χ0) is 26.1. The summed E-state index contributed by atoms with van der Waals surface area (Å²) in [7, 11) is 0.202. The molecule has 2 aromatic rings. The minimum atomic E-state index is -1.75. The number of alkyl halides is 2. The molecule has 10 nitrogen and oxygen atoms in total. The largest absolute Gasteiger partial charge is 0.436 e. The number of para-hydroxylation sites is 1. The Morgan fingerprint density at radius 3 is 2.51 bits per heavy atom. The molecular formula is C22H33F2N4O6P. The third-order valence-electron chi connectivity index (χ3n) is 4.33. The number of nitrogens with zero attached hydrogens (tertiary/aromatic N) is 2. The SMILES string of the molecule is COC(C)C.FCF.Nc1ccn(C2CCC(COP(NCC=O)Oc3ccccc3)O2)c(=O)n1. The summed E-state index contributed by atoms with van der Waals surface area (Å²) in [6.07, 6.45) is 3.51. The van der Waals surface area contributed by atoms with Crippen molar-refractivity contribution in [2.45, 2.75) is 45.1 Å². The van der Waals surface area contributed by atoms with Crippen molar-refractivity contribution in [3.8, 4) is 5.75 Å². The molecule has 35 heavy (non-hydrogen) atoms. The Morgan fingerprint density at radius 1 is 1.29 bits per heavy atom. The zero-order valence-corrected chi connectivity index (χ0v) is 20.9. The van der Waals surface area contributed by atoms with E-state index >= 15 is 0 Å². The van der Waals surface area contributed by atoms with Gasteiger partial charge in [-0.3, -0.25) is 4.57 Å². The van der Waals surface area contributed by atoms with Crippen LogP contribution in [0.4, 0.5) is 14.6 Å². The van der Waals surface area contributed by atoms with Gasteiger partial charge in [0.05, 0.1) is 25.4 Å². The first-order valence-electron chi connectivity index (χ1n) is 10.8. The van der Waals surface area contributed by atoms with Gasteiger partial charge < -0.3 is 29.0 Å². The van der Waals surface area contributed by atoms with Crippen molar-refractivity contribution < 1.29 is 32.1 Å². The molecule has 1 aromatic heterocycles. The number of nitrogen functional groups attached to an aromatic ring is 1. The zero-order valence-electron chi connectivity index (χ0n) is 20.0. The van der Waals surface area contributed by atoms with E-state index in [1.807, 2.05) is 44.2 Å². The number of benzene rings is 1. The molecule has 0 amide bonds. The van der Waals surface area contributed by atoms with Crippen LogP contribution in [0.2, 0.25) is 0 Å². The van der Waals surface area contributed by atoms with Crippen molar-refractivity contribution in [2.24, 2.45) is 0 Å². The van der Waals surface area contributed by atoms with Crippen molar-refractivity contribution in [2.75, 3.05) is 32.9 Å². The topological polar surface area (TPSA) is 127 Å². The molecule has 1 saturated heterocycles. The van der Waals surface area contributed by atoms with E-state index in [0.717, 1.165) is 12.7 Å². The number of rotatable bonds is 10. The summed E-state index contributed by atoms with van der Waals surface area (Å²) in [6, 6.07) is 10.8. The average Bonchev–Trinajstić information content (AvgIpc) is 3.31. The van der Waals surface area contributed by atoms with Gasteiger partial charge in [0.1, 0.15) is 24.1 Å². The Hall–Kier alpha value is -2.50. The number of aromatic nitrogens is 2. The fraction of sp³-hybridized carbons (Fsp3) is 0.500. The van der Waals surface area contributed by atoms with Gasteiger partial charge in [-0.05, 0) is 44.9 Å². The number of carbonyl (C=O) groups is 1. The normalized spacial score (nSPS) is 17.5. The van der Waals surface area contributed by atoms with Crippen LogP contribution in [0.1, 0.15) is 32.9 Å². The Labute approximate surface area is 204 Å². The van der Waals surface area contributed by atoms with Gasteiger partial charge in [-0.2, -0.15) is 4.98 Å². The van der Waals surface area contributed by atoms with Crippen LogP contribution in [0.5, 0.6) is 5.75 Å². The number of nitrogens with two attached hydrogens (primary N) is 1. The highest BCUT2D eigenvalue weighted by Crippen LogP contribution is 2.37. The number of hydrogen-bond donors (Lipinski definition) is 2. The molecule has 3 N–H and O–H groups in total. The molecule has 3 rings (SSSR count). The lowest BCUT2D eigenvalue weighted by molar-refractivity contribution is -0.106. The second-order valence-electron chi connectivity index (χ2n) is 7.20. The van der Waals surface area contributed by atoms with Crippen molar-refractivity contribution >= 4 is 20.6 Å². The molecule has 196 valence electrons. The monoisotopic (exact) mass is 518 g/mol. The Morgan fingerprint density at radius 2 is 1.94 bits per heavy atom. The molecule has 0 spiro atoms. The van der Waals surface area contributed by atoms with E-state index in [9.17, 15) is 18.4 Å². The van der Waals surface area contributed by atoms with Gasteiger partial charge in [0.25, 0.3) is 0 Å². The second kappa shape index (κ2) is 17.9. The van der Waals surface area contributed by atoms with Crippen molar-refractivity contribution in [3.63, 3.8) is 0 Å². The molecular weight excluding hydrogens is 485 g/mol. The first-order valence-corrected chi connectivity index (χ1v) is 12.0. The predicted molar refractivity (Wildman–Crippen MR) is 129 cm³/mol. The van der Waals surface area contributed by atoms with Crippen LogP contribution in [-0.2, 0) is 18.8 Å². The van der Waals surface area contributed by atoms with Crippen molar-refractivity contribution in [3.05, 3.63) is 53.1 Å². The van der Waals surface area contributed by atoms with Crippen LogP contribution in [0, 0.1) is 0 Å². The number of carbonyl (C=O) groups excluding carboxylic acids is 1. The highest BCUT2D eigenvalue weighted by Gasteiger charge is 2.29. The van der Waals surface area contributed by atoms with Gasteiger partial charge in [0.2, 0.25) is 6.93 Å². The van der Waals surface area contributed by atoms with E-state index in [2.05, 4.69) is 10.1 Å². The molecule has 1 aliphatic rings. The van der Waals surface area contributed by atoms with Crippen LogP contribution in [0.25, 0.3) is 0 Å². The number of halogens is 2. The third kappa shape index (κ3) is 12.7. The van der Waals surface area contributed by atoms with E-state index in [4.69, 9.17) is 24.3 Å². The van der Waals surface area contributed by atoms with Crippen molar-refractivity contribution in [1.29, 1.82) is 0 Å². The second-order valence-corrected chi connectivity index (χ2v) is 8.48. The van der Waals surface area contributed by atoms with Gasteiger partial charge in [-0.15, -0.1) is 0 Å². The smallest absolute Gasteiger partial charge is 0.351 e. The summed E-state index contributed by atoms with van der Waals surface area (Å²) < 4.78 is 42.9. The molecule has 13 heteroatoms. The lowest BCUT2D eigenvalue weighted by Gasteiger charge is -2.20. The van der Waals surface area contributed by atoms with Crippen LogP contribution in [0.15, 0.2) is 47.4 Å². The van der Waals surface area contributed by atoms with Crippen LogP contribution in [0.3, 0.4) is 0 Å². The van der Waals surface area contributed by atoms with Gasteiger partial charge in [-0.25, -0.2) is 18.7 Å². The van der Waals surface area contributed by atoms with Gasteiger partial charge in [-0.1, -0.05) is 18.2 Å². The van der Waals surface area contributed by atoms with Gasteiger partial charge in [0, 0.05) is 13.3 Å². The maximum Gasteiger partial charge on any atom is 0.351 e. The summed E-state index contributed by atoms with van der Waals surface area (Å²) in [5.74, 6) is 0.825. The molecule has 1 fully saturated rings. The highest BCUT2D eigenvalue weighted by atomic mass is 31.2. The van der Waals surface area contributed by atoms with E-state index in [1.54, 1.807) is 19.4 Å². The van der Waals surface area contributed by atoms with Gasteiger partial charge in [0.15, 0.2) is 0 Å². The number of nitrogens with one attached hydrogen (secondary N) is 1. The van der Waals surface area contributed by atoms with E-state index in [0.29, 0.717) is 18.3 Å². The van der Waals surface area contributed by atoms with E-state index in [1.165, 1.54) is 4.57 Å². The van der Waals surface area contributed by atoms with Crippen LogP contribution in [-0.4, -0.2) is 55.2 Å². The van der Waals surface area contributed by atoms with Crippen molar-refractivity contribution in [1.82, 2.24) is 14.6 Å². The maximum absolute atomic E-state index is 11.9. The lowest BCUT2D eigenvalue weighted by atomic mass is 10.2. The molecule has 2 heterocycles. The van der Waals surface area contributed by atoms with Crippen LogP contribution < -0.4 is 21.0 Å². The van der Waals surface area contributed by atoms with E-state index < -0.39 is 27.4 Å². The number of ether oxygens (including phenoxy) is 2. The fourth-order valence-electron chi connectivity index (χ4n) is 2.60.